The van der Waals surface area contributed by atoms with E-state index in [-0.39, 0.29) is 24.3 Å². The number of thioether (sulfide) groups is 1. The van der Waals surface area contributed by atoms with Crippen LogP contribution < -0.4 is 5.32 Å². The largest absolute Gasteiger partial charge is 0.481 e. The lowest BCUT2D eigenvalue weighted by molar-refractivity contribution is -0.138. The first-order chi connectivity index (χ1) is 9.45. The molecule has 1 heterocycles. The molecule has 2 unspecified atom stereocenters. The highest BCUT2D eigenvalue weighted by atomic mass is 32.2. The van der Waals surface area contributed by atoms with Crippen LogP contribution in [0.4, 0.5) is 0 Å². The van der Waals surface area contributed by atoms with Crippen LogP contribution in [0.3, 0.4) is 0 Å². The van der Waals surface area contributed by atoms with Gasteiger partial charge in [-0.3, -0.25) is 14.4 Å². The van der Waals surface area contributed by atoms with E-state index in [0.29, 0.717) is 24.5 Å². The van der Waals surface area contributed by atoms with Crippen molar-refractivity contribution in [3.05, 3.63) is 0 Å². The Morgan fingerprint density at radius 3 is 2.70 bits per heavy atom. The predicted octanol–water partition coefficient (Wildman–Crippen LogP) is 1.06. The molecule has 0 saturated carbocycles. The Morgan fingerprint density at radius 1 is 1.40 bits per heavy atom. The number of nitrogens with zero attached hydrogens (tertiary/aromatic N) is 1. The number of carboxylic acid groups (broad SMARTS) is 1. The van der Waals surface area contributed by atoms with Crippen LogP contribution in [0, 0.1) is 0 Å². The molecule has 2 N–H and O–H groups in total. The minimum absolute atomic E-state index is 0.0100. The lowest BCUT2D eigenvalue weighted by Gasteiger charge is -2.24. The zero-order chi connectivity index (χ0) is 15.1. The van der Waals surface area contributed by atoms with Crippen LogP contribution in [-0.4, -0.2) is 51.5 Å². The molecule has 1 aliphatic rings. The van der Waals surface area contributed by atoms with Gasteiger partial charge < -0.3 is 15.3 Å². The topological polar surface area (TPSA) is 86.7 Å². The third kappa shape index (κ3) is 5.03. The summed E-state index contributed by atoms with van der Waals surface area (Å²) >= 11 is 1.57. The van der Waals surface area contributed by atoms with E-state index in [4.69, 9.17) is 5.11 Å². The van der Waals surface area contributed by atoms with Crippen molar-refractivity contribution in [1.29, 1.82) is 0 Å². The van der Waals surface area contributed by atoms with E-state index in [0.717, 1.165) is 6.42 Å². The van der Waals surface area contributed by atoms with Gasteiger partial charge in [0.15, 0.2) is 0 Å². The Labute approximate surface area is 123 Å². The van der Waals surface area contributed by atoms with Crippen LogP contribution >= 0.6 is 11.8 Å². The van der Waals surface area contributed by atoms with Crippen molar-refractivity contribution in [2.45, 2.75) is 51.6 Å². The second-order valence-corrected chi connectivity index (χ2v) is 5.97. The molecule has 0 spiro atoms. The highest BCUT2D eigenvalue weighted by Crippen LogP contribution is 2.22. The van der Waals surface area contributed by atoms with Crippen LogP contribution in [0.1, 0.15) is 39.5 Å². The van der Waals surface area contributed by atoms with E-state index in [9.17, 15) is 14.4 Å². The normalized spacial score (nSPS) is 19.7. The smallest absolute Gasteiger partial charge is 0.303 e. The molecule has 2 atom stereocenters. The van der Waals surface area contributed by atoms with E-state index >= 15 is 0 Å². The van der Waals surface area contributed by atoms with Crippen LogP contribution in [0.15, 0.2) is 0 Å². The van der Waals surface area contributed by atoms with Gasteiger partial charge in [0.2, 0.25) is 11.8 Å². The van der Waals surface area contributed by atoms with Gasteiger partial charge in [-0.15, -0.1) is 11.8 Å². The van der Waals surface area contributed by atoms with Crippen molar-refractivity contribution in [1.82, 2.24) is 10.2 Å². The molecule has 6 nitrogen and oxygen atoms in total. The quantitative estimate of drug-likeness (QED) is 0.734. The number of rotatable bonds is 7. The molecule has 0 aromatic carbocycles. The highest BCUT2D eigenvalue weighted by Gasteiger charge is 2.34. The molecule has 114 valence electrons. The second kappa shape index (κ2) is 8.14. The first-order valence-corrected chi connectivity index (χ1v) is 8.00. The standard InChI is InChI=1S/C13H22N2O4S/c1-3-4-11(16)15-8-20-7-10(15)13(19)14-9(2)5-6-12(17)18/h9-10H,3-8H2,1-2H3,(H,14,19)(H,17,18). The average molecular weight is 302 g/mol. The van der Waals surface area contributed by atoms with Gasteiger partial charge in [0.05, 0.1) is 5.88 Å². The van der Waals surface area contributed by atoms with Crippen LogP contribution in [0.5, 0.6) is 0 Å². The summed E-state index contributed by atoms with van der Waals surface area (Å²) in [5, 5.41) is 11.4. The summed E-state index contributed by atoms with van der Waals surface area (Å²) in [5.74, 6) is 0.114. The molecule has 7 heteroatoms. The minimum Gasteiger partial charge on any atom is -0.481 e. The molecule has 0 radical (unpaired) electrons. The molecule has 1 fully saturated rings. The Morgan fingerprint density at radius 2 is 2.10 bits per heavy atom. The number of carboxylic acids is 1. The van der Waals surface area contributed by atoms with Crippen molar-refractivity contribution < 1.29 is 19.5 Å². The van der Waals surface area contributed by atoms with E-state index in [1.54, 1.807) is 23.6 Å². The second-order valence-electron chi connectivity index (χ2n) is 4.97. The Kier molecular flexibility index (Phi) is 6.84. The lowest BCUT2D eigenvalue weighted by Crippen LogP contribution is -2.49. The third-order valence-corrected chi connectivity index (χ3v) is 4.16. The van der Waals surface area contributed by atoms with Crippen molar-refractivity contribution in [3.63, 3.8) is 0 Å². The number of hydrogen-bond acceptors (Lipinski definition) is 4. The summed E-state index contributed by atoms with van der Waals surface area (Å²) in [6.45, 7) is 3.71. The summed E-state index contributed by atoms with van der Waals surface area (Å²) in [6, 6.07) is -0.626. The maximum Gasteiger partial charge on any atom is 0.303 e. The fourth-order valence-corrected chi connectivity index (χ4v) is 3.19. The van der Waals surface area contributed by atoms with Gasteiger partial charge >= 0.3 is 5.97 Å². The summed E-state index contributed by atoms with van der Waals surface area (Å²) in [6.07, 6.45) is 1.64. The maximum atomic E-state index is 12.2. The molecule has 1 saturated heterocycles. The molecule has 0 aromatic rings. The SMILES string of the molecule is CCCC(=O)N1CSCC1C(=O)NC(C)CCC(=O)O. The average Bonchev–Trinajstić information content (AvgIpc) is 2.86. The Balaban J connectivity index is 2.48. The predicted molar refractivity (Wildman–Crippen MR) is 77.3 cm³/mol. The number of carbonyl (C=O) groups excluding carboxylic acids is 2. The Bertz CT molecular complexity index is 375. The third-order valence-electron chi connectivity index (χ3n) is 3.15. The number of nitrogens with one attached hydrogen (secondary N) is 1. The Hall–Kier alpha value is -1.24. The van der Waals surface area contributed by atoms with Crippen LogP contribution in [-0.2, 0) is 14.4 Å². The monoisotopic (exact) mass is 302 g/mol. The zero-order valence-electron chi connectivity index (χ0n) is 11.9. The molecule has 1 aliphatic heterocycles. The van der Waals surface area contributed by atoms with Crippen molar-refractivity contribution >= 4 is 29.5 Å². The summed E-state index contributed by atoms with van der Waals surface area (Å²) < 4.78 is 0. The zero-order valence-corrected chi connectivity index (χ0v) is 12.7. The maximum absolute atomic E-state index is 12.2. The first-order valence-electron chi connectivity index (χ1n) is 6.85. The first kappa shape index (κ1) is 16.8. The van der Waals surface area contributed by atoms with Gasteiger partial charge in [-0.1, -0.05) is 6.92 Å². The van der Waals surface area contributed by atoms with Gasteiger partial charge in [-0.2, -0.15) is 0 Å². The van der Waals surface area contributed by atoms with Gasteiger partial charge in [0.25, 0.3) is 0 Å². The van der Waals surface area contributed by atoms with Crippen molar-refractivity contribution in [3.8, 4) is 0 Å². The van der Waals surface area contributed by atoms with Crippen molar-refractivity contribution in [2.75, 3.05) is 11.6 Å². The van der Waals surface area contributed by atoms with Gasteiger partial charge in [-0.05, 0) is 19.8 Å². The molecular weight excluding hydrogens is 280 g/mol. The van der Waals surface area contributed by atoms with E-state index in [1.165, 1.54) is 0 Å². The van der Waals surface area contributed by atoms with Crippen LogP contribution in [0.25, 0.3) is 0 Å². The number of carbonyl (C=O) groups is 3. The van der Waals surface area contributed by atoms with E-state index in [2.05, 4.69) is 5.32 Å². The summed E-state index contributed by atoms with van der Waals surface area (Å²) in [7, 11) is 0. The molecule has 0 bridgehead atoms. The lowest BCUT2D eigenvalue weighted by atomic mass is 10.1. The summed E-state index contributed by atoms with van der Waals surface area (Å²) in [4.78, 5) is 36.2. The highest BCUT2D eigenvalue weighted by molar-refractivity contribution is 7.99. The van der Waals surface area contributed by atoms with E-state index < -0.39 is 12.0 Å². The molecule has 1 rings (SSSR count). The summed E-state index contributed by atoms with van der Waals surface area (Å²) in [5.41, 5.74) is 0. The molecule has 20 heavy (non-hydrogen) atoms. The van der Waals surface area contributed by atoms with Crippen molar-refractivity contribution in [2.24, 2.45) is 0 Å². The molecular formula is C13H22N2O4S. The minimum atomic E-state index is -0.873. The number of hydrogen-bond donors (Lipinski definition) is 2. The fraction of sp³-hybridized carbons (Fsp3) is 0.769. The number of amides is 2. The molecule has 0 aromatic heterocycles. The fourth-order valence-electron chi connectivity index (χ4n) is 2.01. The van der Waals surface area contributed by atoms with E-state index in [1.807, 2.05) is 6.92 Å². The van der Waals surface area contributed by atoms with Crippen LogP contribution in [0.2, 0.25) is 0 Å². The van der Waals surface area contributed by atoms with Gasteiger partial charge in [-0.25, -0.2) is 0 Å². The number of aliphatic carboxylic acids is 1. The molecule has 2 amide bonds. The van der Waals surface area contributed by atoms with Gasteiger partial charge in [0, 0.05) is 24.6 Å². The van der Waals surface area contributed by atoms with Gasteiger partial charge in [0.1, 0.15) is 6.04 Å². The molecule has 0 aliphatic carbocycles.